The molecule has 6 nitrogen and oxygen atoms in total. The van der Waals surface area contributed by atoms with Gasteiger partial charge in [0.1, 0.15) is 0 Å². The van der Waals surface area contributed by atoms with Gasteiger partial charge in [0.05, 0.1) is 30.0 Å². The van der Waals surface area contributed by atoms with Gasteiger partial charge in [0.25, 0.3) is 0 Å². The molecule has 0 radical (unpaired) electrons. The number of hydrogen-bond acceptors (Lipinski definition) is 5. The van der Waals surface area contributed by atoms with E-state index in [9.17, 15) is 4.79 Å². The SMILES string of the molecule is CCC1COC(C)CN1c1ncc(C(=O)O)cc1N. The molecule has 0 amide bonds. The Morgan fingerprint density at radius 1 is 1.68 bits per heavy atom. The first-order valence-corrected chi connectivity index (χ1v) is 6.40. The molecule has 3 N–H and O–H groups in total. The number of anilines is 2. The number of nitrogens with two attached hydrogens (primary N) is 1. The van der Waals surface area contributed by atoms with Crippen LogP contribution in [0, 0.1) is 0 Å². The quantitative estimate of drug-likeness (QED) is 0.858. The number of hydrogen-bond donors (Lipinski definition) is 2. The van der Waals surface area contributed by atoms with Crippen LogP contribution in [0.1, 0.15) is 30.6 Å². The summed E-state index contributed by atoms with van der Waals surface area (Å²) in [6.45, 7) is 5.43. The van der Waals surface area contributed by atoms with E-state index in [-0.39, 0.29) is 17.7 Å². The van der Waals surface area contributed by atoms with Crippen LogP contribution in [0.4, 0.5) is 11.5 Å². The number of carboxylic acid groups (broad SMARTS) is 1. The number of aromatic carboxylic acids is 1. The summed E-state index contributed by atoms with van der Waals surface area (Å²) < 4.78 is 5.63. The number of nitrogens with zero attached hydrogens (tertiary/aromatic N) is 2. The van der Waals surface area contributed by atoms with Gasteiger partial charge < -0.3 is 20.5 Å². The number of rotatable bonds is 3. The number of nitrogen functional groups attached to an aromatic ring is 1. The lowest BCUT2D eigenvalue weighted by Gasteiger charge is -2.39. The predicted molar refractivity (Wildman–Crippen MR) is 72.4 cm³/mol. The summed E-state index contributed by atoms with van der Waals surface area (Å²) in [5.41, 5.74) is 6.45. The maximum Gasteiger partial charge on any atom is 0.337 e. The fourth-order valence-electron chi connectivity index (χ4n) is 2.27. The van der Waals surface area contributed by atoms with E-state index in [0.717, 1.165) is 6.42 Å². The highest BCUT2D eigenvalue weighted by atomic mass is 16.5. The van der Waals surface area contributed by atoms with Crippen LogP contribution in [0.25, 0.3) is 0 Å². The maximum absolute atomic E-state index is 10.9. The minimum Gasteiger partial charge on any atom is -0.478 e. The van der Waals surface area contributed by atoms with Crippen molar-refractivity contribution in [2.75, 3.05) is 23.8 Å². The van der Waals surface area contributed by atoms with E-state index in [1.165, 1.54) is 12.3 Å². The molecule has 2 unspecified atom stereocenters. The second-order valence-electron chi connectivity index (χ2n) is 4.80. The van der Waals surface area contributed by atoms with Crippen LogP contribution < -0.4 is 10.6 Å². The summed E-state index contributed by atoms with van der Waals surface area (Å²) in [5.74, 6) is -0.375. The Balaban J connectivity index is 2.31. The molecule has 0 bridgehead atoms. The number of morpholine rings is 1. The van der Waals surface area contributed by atoms with Crippen molar-refractivity contribution in [3.63, 3.8) is 0 Å². The highest BCUT2D eigenvalue weighted by Gasteiger charge is 2.28. The molecule has 1 aromatic rings. The first-order chi connectivity index (χ1) is 9.02. The lowest BCUT2D eigenvalue weighted by Crippen LogP contribution is -2.49. The zero-order valence-electron chi connectivity index (χ0n) is 11.2. The van der Waals surface area contributed by atoms with Gasteiger partial charge in [-0.15, -0.1) is 0 Å². The average molecular weight is 265 g/mol. The van der Waals surface area contributed by atoms with Crippen molar-refractivity contribution in [3.8, 4) is 0 Å². The molecule has 19 heavy (non-hydrogen) atoms. The Bertz CT molecular complexity index is 478. The van der Waals surface area contributed by atoms with Gasteiger partial charge >= 0.3 is 5.97 Å². The maximum atomic E-state index is 10.9. The van der Waals surface area contributed by atoms with Crippen LogP contribution >= 0.6 is 0 Å². The summed E-state index contributed by atoms with van der Waals surface area (Å²) >= 11 is 0. The molecule has 2 rings (SSSR count). The lowest BCUT2D eigenvalue weighted by atomic mass is 10.1. The third kappa shape index (κ3) is 2.78. The van der Waals surface area contributed by atoms with Crippen molar-refractivity contribution in [2.24, 2.45) is 0 Å². The molecule has 104 valence electrons. The molecule has 1 saturated heterocycles. The standard InChI is InChI=1S/C13H19N3O3/c1-3-10-7-19-8(2)6-16(10)12-11(14)4-9(5-15-12)13(17)18/h4-5,8,10H,3,6-7,14H2,1-2H3,(H,17,18). The molecule has 1 fully saturated rings. The molecule has 0 aliphatic carbocycles. The van der Waals surface area contributed by atoms with Crippen LogP contribution in [0.2, 0.25) is 0 Å². The summed E-state index contributed by atoms with van der Waals surface area (Å²) in [7, 11) is 0. The number of aromatic nitrogens is 1. The van der Waals surface area contributed by atoms with Crippen molar-refractivity contribution >= 4 is 17.5 Å². The first kappa shape index (κ1) is 13.6. The van der Waals surface area contributed by atoms with Gasteiger partial charge in [-0.05, 0) is 19.4 Å². The van der Waals surface area contributed by atoms with E-state index in [1.807, 2.05) is 6.92 Å². The summed E-state index contributed by atoms with van der Waals surface area (Å²) in [5, 5.41) is 8.92. The van der Waals surface area contributed by atoms with Crippen molar-refractivity contribution in [1.29, 1.82) is 0 Å². The number of carbonyl (C=O) groups is 1. The zero-order valence-corrected chi connectivity index (χ0v) is 11.2. The highest BCUT2D eigenvalue weighted by molar-refractivity contribution is 5.89. The fraction of sp³-hybridized carbons (Fsp3) is 0.538. The normalized spacial score (nSPS) is 23.4. The van der Waals surface area contributed by atoms with Gasteiger partial charge in [0, 0.05) is 12.7 Å². The Morgan fingerprint density at radius 3 is 3.00 bits per heavy atom. The van der Waals surface area contributed by atoms with E-state index in [2.05, 4.69) is 16.8 Å². The minimum atomic E-state index is -1.02. The van der Waals surface area contributed by atoms with Crippen LogP contribution in [-0.2, 0) is 4.74 Å². The Kier molecular flexibility index (Phi) is 3.90. The number of ether oxygens (including phenoxy) is 1. The average Bonchev–Trinajstić information content (AvgIpc) is 2.38. The van der Waals surface area contributed by atoms with E-state index < -0.39 is 5.97 Å². The molecule has 6 heteroatoms. The van der Waals surface area contributed by atoms with Gasteiger partial charge in [-0.2, -0.15) is 0 Å². The third-order valence-corrected chi connectivity index (χ3v) is 3.35. The van der Waals surface area contributed by atoms with Crippen LogP contribution in [0.15, 0.2) is 12.3 Å². The molecular formula is C13H19N3O3. The van der Waals surface area contributed by atoms with Gasteiger partial charge in [-0.3, -0.25) is 0 Å². The van der Waals surface area contributed by atoms with Crippen molar-refractivity contribution in [2.45, 2.75) is 32.4 Å². The topological polar surface area (TPSA) is 88.7 Å². The fourth-order valence-corrected chi connectivity index (χ4v) is 2.27. The Morgan fingerprint density at radius 2 is 2.42 bits per heavy atom. The summed E-state index contributed by atoms with van der Waals surface area (Å²) in [6.07, 6.45) is 2.39. The Labute approximate surface area is 112 Å². The number of pyridine rings is 1. The molecule has 2 atom stereocenters. The van der Waals surface area contributed by atoms with Gasteiger partial charge in [0.15, 0.2) is 5.82 Å². The molecule has 0 spiro atoms. The van der Waals surface area contributed by atoms with Gasteiger partial charge in [0.2, 0.25) is 0 Å². The second-order valence-corrected chi connectivity index (χ2v) is 4.80. The van der Waals surface area contributed by atoms with Crippen molar-refractivity contribution in [3.05, 3.63) is 17.8 Å². The van der Waals surface area contributed by atoms with E-state index >= 15 is 0 Å². The van der Waals surface area contributed by atoms with E-state index in [1.54, 1.807) is 0 Å². The van der Waals surface area contributed by atoms with Gasteiger partial charge in [-0.25, -0.2) is 9.78 Å². The molecule has 1 aliphatic rings. The molecule has 2 heterocycles. The first-order valence-electron chi connectivity index (χ1n) is 6.40. The molecule has 1 aliphatic heterocycles. The highest BCUT2D eigenvalue weighted by Crippen LogP contribution is 2.27. The monoisotopic (exact) mass is 265 g/mol. The van der Waals surface area contributed by atoms with Crippen LogP contribution in [0.3, 0.4) is 0 Å². The zero-order chi connectivity index (χ0) is 14.0. The number of carboxylic acids is 1. The lowest BCUT2D eigenvalue weighted by molar-refractivity contribution is 0.0297. The van der Waals surface area contributed by atoms with Crippen LogP contribution in [0.5, 0.6) is 0 Å². The van der Waals surface area contributed by atoms with Crippen LogP contribution in [-0.4, -0.2) is 41.4 Å². The van der Waals surface area contributed by atoms with E-state index in [4.69, 9.17) is 15.6 Å². The van der Waals surface area contributed by atoms with Gasteiger partial charge in [-0.1, -0.05) is 6.92 Å². The second kappa shape index (κ2) is 5.44. The predicted octanol–water partition coefficient (Wildman–Crippen LogP) is 1.37. The summed E-state index contributed by atoms with van der Waals surface area (Å²) in [6, 6.07) is 1.68. The molecule has 1 aromatic heterocycles. The molecule has 0 saturated carbocycles. The van der Waals surface area contributed by atoms with Crippen molar-refractivity contribution < 1.29 is 14.6 Å². The molecule has 0 aromatic carbocycles. The Hall–Kier alpha value is -1.82. The molecular weight excluding hydrogens is 246 g/mol. The third-order valence-electron chi connectivity index (χ3n) is 3.35. The van der Waals surface area contributed by atoms with E-state index in [0.29, 0.717) is 24.7 Å². The largest absolute Gasteiger partial charge is 0.478 e. The minimum absolute atomic E-state index is 0.107. The smallest absolute Gasteiger partial charge is 0.337 e. The summed E-state index contributed by atoms with van der Waals surface area (Å²) in [4.78, 5) is 17.2. The van der Waals surface area contributed by atoms with Crippen molar-refractivity contribution in [1.82, 2.24) is 4.98 Å².